The zero-order valence-corrected chi connectivity index (χ0v) is 12.2. The van der Waals surface area contributed by atoms with E-state index in [1.54, 1.807) is 18.2 Å². The number of nitrogens with two attached hydrogens (primary N) is 1. The molecule has 1 aromatic carbocycles. The van der Waals surface area contributed by atoms with Gasteiger partial charge in [-0.3, -0.25) is 4.79 Å². The summed E-state index contributed by atoms with van der Waals surface area (Å²) in [6.45, 7) is 2.36. The Labute approximate surface area is 124 Å². The lowest BCUT2D eigenvalue weighted by atomic mass is 9.86. The first-order valence-electron chi connectivity index (χ1n) is 7.60. The van der Waals surface area contributed by atoms with Gasteiger partial charge in [-0.15, -0.1) is 0 Å². The fourth-order valence-electron chi connectivity index (χ4n) is 3.13. The molecule has 0 spiro atoms. The summed E-state index contributed by atoms with van der Waals surface area (Å²) in [6, 6.07) is 5.30. The molecule has 5 nitrogen and oxygen atoms in total. The maximum absolute atomic E-state index is 12.3. The molecule has 0 unspecified atom stereocenters. The summed E-state index contributed by atoms with van der Waals surface area (Å²) < 4.78 is 11.0. The number of fused-ring (bicyclic) bond motifs is 1. The first kappa shape index (κ1) is 14.2. The highest BCUT2D eigenvalue weighted by atomic mass is 16.6. The summed E-state index contributed by atoms with van der Waals surface area (Å²) in [5.74, 6) is 1.27. The van der Waals surface area contributed by atoms with Crippen molar-refractivity contribution < 1.29 is 14.3 Å². The van der Waals surface area contributed by atoms with Gasteiger partial charge in [0.15, 0.2) is 11.5 Å². The fraction of sp³-hybridized carbons (Fsp3) is 0.562. The smallest absolute Gasteiger partial charge is 0.251 e. The van der Waals surface area contributed by atoms with Crippen molar-refractivity contribution in [3.63, 3.8) is 0 Å². The third kappa shape index (κ3) is 2.97. The fourth-order valence-corrected chi connectivity index (χ4v) is 3.13. The van der Waals surface area contributed by atoms with E-state index in [1.165, 1.54) is 12.8 Å². The Bertz CT molecular complexity index is 524. The summed E-state index contributed by atoms with van der Waals surface area (Å²) in [5, 5.41) is 3.02. The van der Waals surface area contributed by atoms with Gasteiger partial charge >= 0.3 is 0 Å². The van der Waals surface area contributed by atoms with Gasteiger partial charge in [-0.1, -0.05) is 12.8 Å². The van der Waals surface area contributed by atoms with E-state index in [4.69, 9.17) is 15.2 Å². The molecule has 1 fully saturated rings. The van der Waals surface area contributed by atoms with Gasteiger partial charge in [0.2, 0.25) is 0 Å². The minimum Gasteiger partial charge on any atom is -0.486 e. The van der Waals surface area contributed by atoms with Crippen molar-refractivity contribution in [2.45, 2.75) is 25.7 Å². The average molecular weight is 290 g/mol. The lowest BCUT2D eigenvalue weighted by molar-refractivity contribution is 0.0931. The highest BCUT2D eigenvalue weighted by Crippen LogP contribution is 2.36. The predicted molar refractivity (Wildman–Crippen MR) is 79.7 cm³/mol. The number of hydrogen-bond donors (Lipinski definition) is 2. The molecule has 3 N–H and O–H groups in total. The number of rotatable bonds is 4. The number of carbonyl (C=O) groups excluding carboxylic acids is 1. The van der Waals surface area contributed by atoms with E-state index in [0.717, 1.165) is 12.8 Å². The van der Waals surface area contributed by atoms with Crippen LogP contribution in [-0.4, -0.2) is 32.2 Å². The molecule has 0 atom stereocenters. The number of benzene rings is 1. The molecule has 1 aromatic rings. The van der Waals surface area contributed by atoms with Gasteiger partial charge in [-0.05, 0) is 43.0 Å². The Hall–Kier alpha value is -1.75. The molecule has 1 amide bonds. The van der Waals surface area contributed by atoms with E-state index in [-0.39, 0.29) is 11.3 Å². The van der Waals surface area contributed by atoms with Crippen molar-refractivity contribution in [1.82, 2.24) is 5.32 Å². The van der Waals surface area contributed by atoms with E-state index in [2.05, 4.69) is 5.32 Å². The third-order valence-corrected chi connectivity index (χ3v) is 4.53. The second-order valence-electron chi connectivity index (χ2n) is 5.95. The van der Waals surface area contributed by atoms with Crippen molar-refractivity contribution >= 4 is 5.91 Å². The van der Waals surface area contributed by atoms with Crippen LogP contribution >= 0.6 is 0 Å². The topological polar surface area (TPSA) is 73.6 Å². The van der Waals surface area contributed by atoms with E-state index < -0.39 is 0 Å². The number of nitrogens with one attached hydrogen (secondary N) is 1. The molecule has 0 saturated heterocycles. The number of ether oxygens (including phenoxy) is 2. The molecule has 1 aliphatic heterocycles. The molecule has 114 valence electrons. The van der Waals surface area contributed by atoms with Crippen molar-refractivity contribution in [2.75, 3.05) is 26.3 Å². The van der Waals surface area contributed by atoms with Crippen molar-refractivity contribution in [3.05, 3.63) is 23.8 Å². The van der Waals surface area contributed by atoms with Crippen LogP contribution in [0.2, 0.25) is 0 Å². The molecule has 3 rings (SSSR count). The van der Waals surface area contributed by atoms with Gasteiger partial charge in [0.25, 0.3) is 5.91 Å². The monoisotopic (exact) mass is 290 g/mol. The van der Waals surface area contributed by atoms with Crippen LogP contribution in [0.1, 0.15) is 36.0 Å². The van der Waals surface area contributed by atoms with Crippen LogP contribution in [0.3, 0.4) is 0 Å². The van der Waals surface area contributed by atoms with Crippen LogP contribution in [0.25, 0.3) is 0 Å². The zero-order valence-electron chi connectivity index (χ0n) is 12.2. The molecule has 5 heteroatoms. The zero-order chi connectivity index (χ0) is 14.7. The molecule has 1 aliphatic carbocycles. The van der Waals surface area contributed by atoms with E-state index in [0.29, 0.717) is 43.4 Å². The maximum atomic E-state index is 12.3. The first-order chi connectivity index (χ1) is 10.2. The molecule has 1 saturated carbocycles. The average Bonchev–Trinajstić information content (AvgIpc) is 3.01. The summed E-state index contributed by atoms with van der Waals surface area (Å²) >= 11 is 0. The number of hydrogen-bond acceptors (Lipinski definition) is 4. The number of carbonyl (C=O) groups is 1. The van der Waals surface area contributed by atoms with Crippen molar-refractivity contribution in [1.29, 1.82) is 0 Å². The Kier molecular flexibility index (Phi) is 4.01. The van der Waals surface area contributed by atoms with E-state index in [1.807, 2.05) is 0 Å². The highest BCUT2D eigenvalue weighted by Gasteiger charge is 2.32. The molecule has 0 radical (unpaired) electrons. The summed E-state index contributed by atoms with van der Waals surface area (Å²) in [7, 11) is 0. The van der Waals surface area contributed by atoms with Crippen LogP contribution in [-0.2, 0) is 0 Å². The Morgan fingerprint density at radius 3 is 2.62 bits per heavy atom. The van der Waals surface area contributed by atoms with Crippen LogP contribution in [0.15, 0.2) is 18.2 Å². The molecular weight excluding hydrogens is 268 g/mol. The van der Waals surface area contributed by atoms with Crippen molar-refractivity contribution in [3.8, 4) is 11.5 Å². The van der Waals surface area contributed by atoms with Crippen LogP contribution < -0.4 is 20.5 Å². The van der Waals surface area contributed by atoms with Crippen LogP contribution in [0, 0.1) is 5.41 Å². The van der Waals surface area contributed by atoms with Crippen LogP contribution in [0.5, 0.6) is 11.5 Å². The van der Waals surface area contributed by atoms with Gasteiger partial charge in [-0.2, -0.15) is 0 Å². The van der Waals surface area contributed by atoms with Gasteiger partial charge in [0.1, 0.15) is 13.2 Å². The van der Waals surface area contributed by atoms with Gasteiger partial charge in [0, 0.05) is 12.1 Å². The normalized spacial score (nSPS) is 19.3. The second-order valence-corrected chi connectivity index (χ2v) is 5.95. The minimum absolute atomic E-state index is 0.0771. The first-order valence-corrected chi connectivity index (χ1v) is 7.60. The Balaban J connectivity index is 1.65. The van der Waals surface area contributed by atoms with Gasteiger partial charge < -0.3 is 20.5 Å². The summed E-state index contributed by atoms with van der Waals surface area (Å²) in [5.41, 5.74) is 6.59. The van der Waals surface area contributed by atoms with Crippen LogP contribution in [0.4, 0.5) is 0 Å². The Morgan fingerprint density at radius 1 is 1.19 bits per heavy atom. The van der Waals surface area contributed by atoms with Crippen molar-refractivity contribution in [2.24, 2.45) is 11.1 Å². The van der Waals surface area contributed by atoms with E-state index >= 15 is 0 Å². The lowest BCUT2D eigenvalue weighted by Gasteiger charge is -2.27. The third-order valence-electron chi connectivity index (χ3n) is 4.53. The summed E-state index contributed by atoms with van der Waals surface area (Å²) in [4.78, 5) is 12.3. The SMILES string of the molecule is NCC1(CNC(=O)c2ccc3c(c2)OCCO3)CCCC1. The quantitative estimate of drug-likeness (QED) is 0.885. The summed E-state index contributed by atoms with van der Waals surface area (Å²) in [6.07, 6.45) is 4.62. The predicted octanol–water partition coefficient (Wildman–Crippen LogP) is 1.71. The molecule has 0 bridgehead atoms. The highest BCUT2D eigenvalue weighted by molar-refractivity contribution is 5.94. The second kappa shape index (κ2) is 5.93. The molecular formula is C16H22N2O3. The minimum atomic E-state index is -0.0771. The van der Waals surface area contributed by atoms with Gasteiger partial charge in [-0.25, -0.2) is 0 Å². The van der Waals surface area contributed by atoms with E-state index in [9.17, 15) is 4.79 Å². The lowest BCUT2D eigenvalue weighted by Crippen LogP contribution is -2.40. The molecule has 1 heterocycles. The molecule has 21 heavy (non-hydrogen) atoms. The standard InChI is InChI=1S/C16H22N2O3/c17-10-16(5-1-2-6-16)11-18-15(19)12-3-4-13-14(9-12)21-8-7-20-13/h3-4,9H,1-2,5-8,10-11,17H2,(H,18,19). The molecule has 2 aliphatic rings. The molecule has 0 aromatic heterocycles. The van der Waals surface area contributed by atoms with Gasteiger partial charge in [0.05, 0.1) is 0 Å². The Morgan fingerprint density at radius 2 is 1.90 bits per heavy atom. The number of amides is 1. The maximum Gasteiger partial charge on any atom is 0.251 e. The largest absolute Gasteiger partial charge is 0.486 e.